The van der Waals surface area contributed by atoms with Crippen molar-refractivity contribution in [1.82, 2.24) is 9.88 Å². The lowest BCUT2D eigenvalue weighted by Crippen LogP contribution is -2.38. The fourth-order valence-corrected chi connectivity index (χ4v) is 5.63. The van der Waals surface area contributed by atoms with Gasteiger partial charge in [0.25, 0.3) is 5.91 Å². The molecule has 2 amide bonds. The van der Waals surface area contributed by atoms with Gasteiger partial charge in [0.05, 0.1) is 11.3 Å². The van der Waals surface area contributed by atoms with Crippen LogP contribution in [-0.2, 0) is 4.79 Å². The second-order valence-corrected chi connectivity index (χ2v) is 9.78. The molecule has 1 aromatic heterocycles. The second-order valence-electron chi connectivity index (χ2n) is 9.78. The number of amides is 2. The number of piperidine rings is 1. The predicted molar refractivity (Wildman–Crippen MR) is 141 cm³/mol. The molecule has 35 heavy (non-hydrogen) atoms. The molecule has 7 nitrogen and oxygen atoms in total. The van der Waals surface area contributed by atoms with Crippen molar-refractivity contribution in [1.29, 1.82) is 0 Å². The van der Waals surface area contributed by atoms with E-state index in [1.807, 2.05) is 17.9 Å². The number of carbonyl (C=O) groups is 2. The lowest BCUT2D eigenvalue weighted by atomic mass is 9.89. The molecule has 2 heterocycles. The maximum Gasteiger partial charge on any atom is 0.252 e. The molecule has 3 N–H and O–H groups in total. The highest BCUT2D eigenvalue weighted by molar-refractivity contribution is 5.99. The summed E-state index contributed by atoms with van der Waals surface area (Å²) in [6.45, 7) is 6.56. The number of hydrogen-bond acceptors (Lipinski definition) is 5. The Morgan fingerprint density at radius 3 is 2.34 bits per heavy atom. The average molecular weight is 478 g/mol. The SMILES string of the molecule is CCC(=O)N1CCC(c2ccc(Nc3cc(N(CC)C4CCCCC4)c(C(N)=O)cn3)cc2)CC1. The summed E-state index contributed by atoms with van der Waals surface area (Å²) in [7, 11) is 0. The van der Waals surface area contributed by atoms with E-state index in [1.54, 1.807) is 6.20 Å². The van der Waals surface area contributed by atoms with Crippen LogP contribution in [0.25, 0.3) is 0 Å². The third-order valence-corrected chi connectivity index (χ3v) is 7.62. The van der Waals surface area contributed by atoms with Gasteiger partial charge in [0.1, 0.15) is 5.82 Å². The van der Waals surface area contributed by atoms with Crippen LogP contribution in [0, 0.1) is 0 Å². The van der Waals surface area contributed by atoms with E-state index in [-0.39, 0.29) is 5.91 Å². The molecular weight excluding hydrogens is 438 g/mol. The zero-order valence-electron chi connectivity index (χ0n) is 21.1. The van der Waals surface area contributed by atoms with Crippen LogP contribution in [0.15, 0.2) is 36.5 Å². The average Bonchev–Trinajstić information content (AvgIpc) is 2.90. The van der Waals surface area contributed by atoms with Gasteiger partial charge in [-0.05, 0) is 56.2 Å². The fourth-order valence-electron chi connectivity index (χ4n) is 5.63. The van der Waals surface area contributed by atoms with Crippen LogP contribution in [0.3, 0.4) is 0 Å². The van der Waals surface area contributed by atoms with E-state index >= 15 is 0 Å². The van der Waals surface area contributed by atoms with Crippen molar-refractivity contribution in [2.45, 2.75) is 77.2 Å². The van der Waals surface area contributed by atoms with E-state index in [1.165, 1.54) is 24.8 Å². The Morgan fingerprint density at radius 2 is 1.74 bits per heavy atom. The highest BCUT2D eigenvalue weighted by Crippen LogP contribution is 2.32. The molecule has 1 aromatic carbocycles. The van der Waals surface area contributed by atoms with Crippen LogP contribution >= 0.6 is 0 Å². The summed E-state index contributed by atoms with van der Waals surface area (Å²) >= 11 is 0. The Balaban J connectivity index is 1.46. The van der Waals surface area contributed by atoms with Crippen LogP contribution < -0.4 is 16.0 Å². The number of likely N-dealkylation sites (tertiary alicyclic amines) is 1. The van der Waals surface area contributed by atoms with Crippen molar-refractivity contribution in [3.8, 4) is 0 Å². The monoisotopic (exact) mass is 477 g/mol. The predicted octanol–water partition coefficient (Wildman–Crippen LogP) is 5.20. The molecule has 7 heteroatoms. The quantitative estimate of drug-likeness (QED) is 0.545. The molecule has 1 saturated heterocycles. The number of hydrogen-bond donors (Lipinski definition) is 2. The molecule has 2 aliphatic rings. The second kappa shape index (κ2) is 11.6. The van der Waals surface area contributed by atoms with Gasteiger partial charge in [-0.3, -0.25) is 9.59 Å². The normalized spacial score (nSPS) is 17.3. The van der Waals surface area contributed by atoms with Gasteiger partial charge in [-0.1, -0.05) is 38.3 Å². The number of carbonyl (C=O) groups excluding carboxylic acids is 2. The minimum atomic E-state index is -0.440. The van der Waals surface area contributed by atoms with Crippen molar-refractivity contribution in [3.05, 3.63) is 47.7 Å². The zero-order chi connectivity index (χ0) is 24.8. The van der Waals surface area contributed by atoms with E-state index in [0.29, 0.717) is 29.8 Å². The van der Waals surface area contributed by atoms with Gasteiger partial charge >= 0.3 is 0 Å². The van der Waals surface area contributed by atoms with Crippen molar-refractivity contribution < 1.29 is 9.59 Å². The first-order valence-corrected chi connectivity index (χ1v) is 13.2. The first kappa shape index (κ1) is 25.0. The fraction of sp³-hybridized carbons (Fsp3) is 0.536. The third-order valence-electron chi connectivity index (χ3n) is 7.62. The molecular formula is C28H39N5O2. The molecule has 1 aliphatic heterocycles. The Morgan fingerprint density at radius 1 is 1.06 bits per heavy atom. The Labute approximate surface area is 209 Å². The molecule has 4 rings (SSSR count). The molecule has 1 saturated carbocycles. The van der Waals surface area contributed by atoms with Gasteiger partial charge in [-0.25, -0.2) is 4.98 Å². The molecule has 2 fully saturated rings. The molecule has 188 valence electrons. The first-order chi connectivity index (χ1) is 17.0. The summed E-state index contributed by atoms with van der Waals surface area (Å²) in [4.78, 5) is 32.9. The van der Waals surface area contributed by atoms with Gasteiger partial charge in [0.2, 0.25) is 5.91 Å². The Bertz CT molecular complexity index is 1010. The number of nitrogens with one attached hydrogen (secondary N) is 1. The van der Waals surface area contributed by atoms with Gasteiger partial charge in [0, 0.05) is 50.0 Å². The lowest BCUT2D eigenvalue weighted by molar-refractivity contribution is -0.131. The topological polar surface area (TPSA) is 91.6 Å². The molecule has 0 spiro atoms. The van der Waals surface area contributed by atoms with Crippen molar-refractivity contribution in [2.75, 3.05) is 29.9 Å². The number of rotatable bonds is 8. The summed E-state index contributed by atoms with van der Waals surface area (Å²) in [5.41, 5.74) is 9.33. The highest BCUT2D eigenvalue weighted by atomic mass is 16.2. The summed E-state index contributed by atoms with van der Waals surface area (Å²) in [5, 5.41) is 3.41. The van der Waals surface area contributed by atoms with E-state index in [0.717, 1.165) is 56.7 Å². The minimum absolute atomic E-state index is 0.252. The third kappa shape index (κ3) is 5.95. The van der Waals surface area contributed by atoms with Crippen molar-refractivity contribution >= 4 is 29.0 Å². The van der Waals surface area contributed by atoms with Crippen molar-refractivity contribution in [2.24, 2.45) is 5.73 Å². The molecule has 2 aromatic rings. The smallest absolute Gasteiger partial charge is 0.252 e. The maximum atomic E-state index is 12.2. The van der Waals surface area contributed by atoms with Gasteiger partial charge in [0.15, 0.2) is 0 Å². The number of nitrogens with zero attached hydrogens (tertiary/aromatic N) is 3. The minimum Gasteiger partial charge on any atom is -0.368 e. The number of aromatic nitrogens is 1. The Kier molecular flexibility index (Phi) is 8.26. The summed E-state index contributed by atoms with van der Waals surface area (Å²) < 4.78 is 0. The largest absolute Gasteiger partial charge is 0.368 e. The zero-order valence-corrected chi connectivity index (χ0v) is 21.1. The summed E-state index contributed by atoms with van der Waals surface area (Å²) in [6, 6.07) is 10.9. The standard InChI is InChI=1S/C28H39N5O2/c1-3-27(34)32-16-14-21(15-17-32)20-10-12-22(13-11-20)31-26-18-25(24(19-30-26)28(29)35)33(4-2)23-8-6-5-7-9-23/h10-13,18-19,21,23H,3-9,14-17H2,1-2H3,(H2,29,35)(H,30,31). The highest BCUT2D eigenvalue weighted by Gasteiger charge is 2.25. The van der Waals surface area contributed by atoms with Gasteiger partial charge in [-0.15, -0.1) is 0 Å². The van der Waals surface area contributed by atoms with Crippen LogP contribution in [0.2, 0.25) is 0 Å². The number of pyridine rings is 1. The van der Waals surface area contributed by atoms with E-state index < -0.39 is 5.91 Å². The first-order valence-electron chi connectivity index (χ1n) is 13.2. The molecule has 0 radical (unpaired) electrons. The number of nitrogens with two attached hydrogens (primary N) is 1. The van der Waals surface area contributed by atoms with Crippen LogP contribution in [-0.4, -0.2) is 47.4 Å². The lowest BCUT2D eigenvalue weighted by Gasteiger charge is -2.36. The molecule has 0 atom stereocenters. The van der Waals surface area contributed by atoms with E-state index in [9.17, 15) is 9.59 Å². The van der Waals surface area contributed by atoms with Crippen LogP contribution in [0.4, 0.5) is 17.2 Å². The van der Waals surface area contributed by atoms with Crippen molar-refractivity contribution in [3.63, 3.8) is 0 Å². The van der Waals surface area contributed by atoms with Crippen LogP contribution in [0.1, 0.15) is 87.1 Å². The van der Waals surface area contributed by atoms with Crippen LogP contribution in [0.5, 0.6) is 0 Å². The van der Waals surface area contributed by atoms with Gasteiger partial charge < -0.3 is 20.9 Å². The van der Waals surface area contributed by atoms with Gasteiger partial charge in [-0.2, -0.15) is 0 Å². The maximum absolute atomic E-state index is 12.2. The number of primary amides is 1. The molecule has 1 aliphatic carbocycles. The number of benzene rings is 1. The van der Waals surface area contributed by atoms with E-state index in [2.05, 4.69) is 46.4 Å². The summed E-state index contributed by atoms with van der Waals surface area (Å²) in [6.07, 6.45) is 10.2. The summed E-state index contributed by atoms with van der Waals surface area (Å²) in [5.74, 6) is 1.00. The molecule has 0 unspecified atom stereocenters. The number of anilines is 3. The van der Waals surface area contributed by atoms with E-state index in [4.69, 9.17) is 5.73 Å². The molecule has 0 bridgehead atoms. The Hall–Kier alpha value is -3.09.